The van der Waals surface area contributed by atoms with E-state index in [4.69, 9.17) is 4.74 Å². The third-order valence-electron chi connectivity index (χ3n) is 4.65. The Morgan fingerprint density at radius 2 is 1.79 bits per heavy atom. The van der Waals surface area contributed by atoms with Gasteiger partial charge in [-0.2, -0.15) is 4.98 Å². The molecule has 1 aliphatic heterocycles. The van der Waals surface area contributed by atoms with Crippen molar-refractivity contribution in [2.45, 2.75) is 30.8 Å². The van der Waals surface area contributed by atoms with Gasteiger partial charge < -0.3 is 9.64 Å². The van der Waals surface area contributed by atoms with Gasteiger partial charge in [-0.15, -0.1) is 0 Å². The largest absolute Gasteiger partial charge is 0.474 e. The van der Waals surface area contributed by atoms with E-state index in [0.29, 0.717) is 43.2 Å². The number of nitrogens with zero attached hydrogens (tertiary/aromatic N) is 4. The molecule has 28 heavy (non-hydrogen) atoms. The van der Waals surface area contributed by atoms with Gasteiger partial charge >= 0.3 is 0 Å². The Morgan fingerprint density at radius 1 is 1.14 bits per heavy atom. The highest BCUT2D eigenvalue weighted by Crippen LogP contribution is 2.20. The van der Waals surface area contributed by atoms with Crippen LogP contribution < -0.4 is 4.74 Å². The van der Waals surface area contributed by atoms with Crippen molar-refractivity contribution in [3.05, 3.63) is 47.9 Å². The Kier molecular flexibility index (Phi) is 5.95. The van der Waals surface area contributed by atoms with Crippen LogP contribution in [0.15, 0.2) is 41.4 Å². The predicted molar refractivity (Wildman–Crippen MR) is 104 cm³/mol. The molecule has 1 fully saturated rings. The molecule has 0 atom stereocenters. The summed E-state index contributed by atoms with van der Waals surface area (Å²) < 4.78 is 31.3. The first-order valence-corrected chi connectivity index (χ1v) is 10.5. The van der Waals surface area contributed by atoms with Crippen LogP contribution in [0.1, 0.15) is 29.0 Å². The molecule has 2 aromatic rings. The van der Waals surface area contributed by atoms with E-state index >= 15 is 0 Å². The summed E-state index contributed by atoms with van der Waals surface area (Å²) in [5.41, 5.74) is 0.475. The lowest BCUT2D eigenvalue weighted by atomic mass is 10.1. The fraction of sp³-hybridized carbons (Fsp3) is 0.421. The molecule has 1 aromatic carbocycles. The molecule has 3 rings (SSSR count). The number of sulfonamides is 1. The topological polar surface area (TPSA) is 92.7 Å². The third kappa shape index (κ3) is 4.48. The van der Waals surface area contributed by atoms with Gasteiger partial charge in [-0.1, -0.05) is 0 Å². The van der Waals surface area contributed by atoms with Crippen molar-refractivity contribution in [1.29, 1.82) is 0 Å². The predicted octanol–water partition coefficient (Wildman–Crippen LogP) is 1.72. The molecule has 0 spiro atoms. The van der Waals surface area contributed by atoms with E-state index in [-0.39, 0.29) is 16.9 Å². The lowest BCUT2D eigenvalue weighted by Gasteiger charge is -2.32. The third-order valence-corrected chi connectivity index (χ3v) is 6.48. The number of hydrogen-bond acceptors (Lipinski definition) is 6. The summed E-state index contributed by atoms with van der Waals surface area (Å²) in [6, 6.07) is 7.79. The molecule has 1 amide bonds. The van der Waals surface area contributed by atoms with E-state index < -0.39 is 10.0 Å². The van der Waals surface area contributed by atoms with Crippen molar-refractivity contribution >= 4 is 15.9 Å². The van der Waals surface area contributed by atoms with Gasteiger partial charge in [0.1, 0.15) is 11.9 Å². The number of rotatable bonds is 5. The van der Waals surface area contributed by atoms with E-state index in [2.05, 4.69) is 9.97 Å². The maximum absolute atomic E-state index is 12.7. The van der Waals surface area contributed by atoms with Crippen molar-refractivity contribution in [2.24, 2.45) is 0 Å². The molecule has 0 bridgehead atoms. The second kappa shape index (κ2) is 8.24. The summed E-state index contributed by atoms with van der Waals surface area (Å²) in [5.74, 6) is 1.10. The van der Waals surface area contributed by atoms with Crippen LogP contribution in [-0.4, -0.2) is 66.8 Å². The van der Waals surface area contributed by atoms with E-state index in [1.807, 2.05) is 6.92 Å². The molecule has 1 saturated heterocycles. The zero-order valence-electron chi connectivity index (χ0n) is 16.2. The summed E-state index contributed by atoms with van der Waals surface area (Å²) in [6.45, 7) is 2.96. The Morgan fingerprint density at radius 3 is 2.36 bits per heavy atom. The molecule has 9 heteroatoms. The number of hydrogen-bond donors (Lipinski definition) is 0. The summed E-state index contributed by atoms with van der Waals surface area (Å²) in [4.78, 5) is 22.9. The van der Waals surface area contributed by atoms with Crippen molar-refractivity contribution in [2.75, 3.05) is 27.2 Å². The first kappa shape index (κ1) is 20.2. The molecule has 8 nitrogen and oxygen atoms in total. The van der Waals surface area contributed by atoms with Crippen molar-refractivity contribution in [3.8, 4) is 5.88 Å². The maximum atomic E-state index is 12.7. The molecule has 1 aliphatic rings. The van der Waals surface area contributed by atoms with Gasteiger partial charge in [-0.3, -0.25) is 4.79 Å². The summed E-state index contributed by atoms with van der Waals surface area (Å²) in [7, 11) is -0.552. The van der Waals surface area contributed by atoms with Crippen molar-refractivity contribution in [3.63, 3.8) is 0 Å². The number of aryl methyl sites for hydroxylation is 1. The molecule has 0 N–H and O–H groups in total. The number of amides is 1. The second-order valence-corrected chi connectivity index (χ2v) is 9.02. The van der Waals surface area contributed by atoms with Crippen LogP contribution in [0.2, 0.25) is 0 Å². The molecular weight excluding hydrogens is 380 g/mol. The van der Waals surface area contributed by atoms with Crippen molar-refractivity contribution in [1.82, 2.24) is 19.2 Å². The van der Waals surface area contributed by atoms with Gasteiger partial charge in [0.2, 0.25) is 15.9 Å². The van der Waals surface area contributed by atoms with Crippen molar-refractivity contribution < 1.29 is 17.9 Å². The number of ether oxygens (including phenoxy) is 1. The van der Waals surface area contributed by atoms with Crippen LogP contribution >= 0.6 is 0 Å². The number of carbonyl (C=O) groups is 1. The van der Waals surface area contributed by atoms with Gasteiger partial charge in [0, 0.05) is 57.9 Å². The monoisotopic (exact) mass is 404 g/mol. The Hall–Kier alpha value is -2.52. The second-order valence-electron chi connectivity index (χ2n) is 6.86. The summed E-state index contributed by atoms with van der Waals surface area (Å²) >= 11 is 0. The number of benzene rings is 1. The zero-order chi connectivity index (χ0) is 20.3. The summed E-state index contributed by atoms with van der Waals surface area (Å²) in [5, 5.41) is 0. The maximum Gasteiger partial charge on any atom is 0.253 e. The molecule has 0 aliphatic carbocycles. The molecule has 0 saturated carbocycles. The molecular formula is C19H24N4O4S. The highest BCUT2D eigenvalue weighted by Gasteiger charge is 2.25. The van der Waals surface area contributed by atoms with Gasteiger partial charge in [0.05, 0.1) is 4.90 Å². The fourth-order valence-corrected chi connectivity index (χ4v) is 3.91. The van der Waals surface area contributed by atoms with Gasteiger partial charge in [-0.25, -0.2) is 17.7 Å². The van der Waals surface area contributed by atoms with E-state index in [1.165, 1.54) is 26.2 Å². The average molecular weight is 404 g/mol. The van der Waals surface area contributed by atoms with Gasteiger partial charge in [0.25, 0.3) is 5.91 Å². The number of carbonyl (C=O) groups excluding carboxylic acids is 1. The lowest BCUT2D eigenvalue weighted by Crippen LogP contribution is -2.41. The Bertz CT molecular complexity index is 937. The number of piperidine rings is 1. The quantitative estimate of drug-likeness (QED) is 0.753. The lowest BCUT2D eigenvalue weighted by molar-refractivity contribution is 0.0587. The SMILES string of the molecule is Cc1nccc(OC2CCN(C(=O)c3ccc(S(=O)(=O)N(C)C)cc3)CC2)n1. The molecule has 2 heterocycles. The molecule has 1 aromatic heterocycles. The van der Waals surface area contributed by atoms with Crippen LogP contribution in [0.3, 0.4) is 0 Å². The molecule has 0 unspecified atom stereocenters. The first-order valence-electron chi connectivity index (χ1n) is 9.05. The number of likely N-dealkylation sites (tertiary alicyclic amines) is 1. The molecule has 150 valence electrons. The normalized spacial score (nSPS) is 15.6. The Labute approximate surface area is 165 Å². The minimum Gasteiger partial charge on any atom is -0.474 e. The minimum atomic E-state index is -3.50. The molecule has 0 radical (unpaired) electrons. The Balaban J connectivity index is 1.59. The van der Waals surface area contributed by atoms with Crippen LogP contribution in [0.5, 0.6) is 5.88 Å². The van der Waals surface area contributed by atoms with Crippen LogP contribution in [0.25, 0.3) is 0 Å². The van der Waals surface area contributed by atoms with E-state index in [0.717, 1.165) is 4.31 Å². The highest BCUT2D eigenvalue weighted by molar-refractivity contribution is 7.89. The first-order chi connectivity index (χ1) is 13.3. The van der Waals surface area contributed by atoms with Gasteiger partial charge in [0.15, 0.2) is 0 Å². The van der Waals surface area contributed by atoms with Crippen LogP contribution in [0, 0.1) is 6.92 Å². The summed E-state index contributed by atoms with van der Waals surface area (Å²) in [6.07, 6.45) is 3.09. The van der Waals surface area contributed by atoms with Crippen LogP contribution in [-0.2, 0) is 10.0 Å². The standard InChI is InChI=1S/C19H24N4O4S/c1-14-20-11-8-18(21-14)27-16-9-12-23(13-10-16)19(24)15-4-6-17(7-5-15)28(25,26)22(2)3/h4-8,11,16H,9-10,12-13H2,1-3H3. The fourth-order valence-electron chi connectivity index (χ4n) is 3.01. The smallest absolute Gasteiger partial charge is 0.253 e. The highest BCUT2D eigenvalue weighted by atomic mass is 32.2. The van der Waals surface area contributed by atoms with Gasteiger partial charge in [-0.05, 0) is 31.2 Å². The minimum absolute atomic E-state index is 0.00552. The average Bonchev–Trinajstić information content (AvgIpc) is 2.68. The van der Waals surface area contributed by atoms with Crippen LogP contribution in [0.4, 0.5) is 0 Å². The van der Waals surface area contributed by atoms with E-state index in [9.17, 15) is 13.2 Å². The number of aromatic nitrogens is 2. The zero-order valence-corrected chi connectivity index (χ0v) is 17.0. The van der Waals surface area contributed by atoms with E-state index in [1.54, 1.807) is 29.3 Å².